The summed E-state index contributed by atoms with van der Waals surface area (Å²) in [7, 11) is 1.78. The van der Waals surface area contributed by atoms with Gasteiger partial charge in [-0.1, -0.05) is 19.9 Å². The van der Waals surface area contributed by atoms with E-state index < -0.39 is 0 Å². The molecule has 16 heavy (non-hydrogen) atoms. The van der Waals surface area contributed by atoms with Crippen LogP contribution in [-0.4, -0.2) is 7.11 Å². The lowest BCUT2D eigenvalue weighted by Crippen LogP contribution is -2.19. The van der Waals surface area contributed by atoms with E-state index in [1.54, 1.807) is 12.7 Å². The number of hydrogen-bond donors (Lipinski definition) is 0. The Morgan fingerprint density at radius 1 is 1.19 bits per heavy atom. The van der Waals surface area contributed by atoms with Gasteiger partial charge in [-0.2, -0.15) is 0 Å². The summed E-state index contributed by atoms with van der Waals surface area (Å²) >= 11 is 0. The quantitative estimate of drug-likeness (QED) is 0.690. The summed E-state index contributed by atoms with van der Waals surface area (Å²) in [5.41, 5.74) is 4.58. The van der Waals surface area contributed by atoms with E-state index in [1.165, 1.54) is 30.4 Å². The molecule has 0 N–H and O–H groups in total. The minimum absolute atomic E-state index is 0.861. The normalized spacial score (nSPS) is 24.8. The SMILES string of the molecule is CC.COc1ccc(C)c2c1CC1CCC21. The first-order valence-electron chi connectivity index (χ1n) is 6.47. The van der Waals surface area contributed by atoms with E-state index in [9.17, 15) is 0 Å². The molecule has 2 atom stereocenters. The Labute approximate surface area is 98.8 Å². The number of ether oxygens (including phenoxy) is 1. The second kappa shape index (κ2) is 4.48. The Morgan fingerprint density at radius 2 is 1.94 bits per heavy atom. The zero-order chi connectivity index (χ0) is 11.7. The molecule has 1 saturated carbocycles. The molecule has 1 nitrogen and oxygen atoms in total. The average molecular weight is 218 g/mol. The molecule has 1 fully saturated rings. The number of benzene rings is 1. The van der Waals surface area contributed by atoms with Crippen LogP contribution in [0.15, 0.2) is 12.1 Å². The van der Waals surface area contributed by atoms with Crippen LogP contribution in [0.4, 0.5) is 0 Å². The van der Waals surface area contributed by atoms with Gasteiger partial charge in [0.05, 0.1) is 7.11 Å². The Morgan fingerprint density at radius 3 is 2.50 bits per heavy atom. The first kappa shape index (κ1) is 11.5. The van der Waals surface area contributed by atoms with Gasteiger partial charge in [-0.15, -0.1) is 0 Å². The fraction of sp³-hybridized carbons (Fsp3) is 0.600. The molecule has 0 aliphatic heterocycles. The van der Waals surface area contributed by atoms with Crippen LogP contribution in [0.1, 0.15) is 49.3 Å². The highest BCUT2D eigenvalue weighted by atomic mass is 16.5. The van der Waals surface area contributed by atoms with Gasteiger partial charge in [0.25, 0.3) is 0 Å². The van der Waals surface area contributed by atoms with Crippen molar-refractivity contribution in [2.75, 3.05) is 7.11 Å². The number of hydrogen-bond acceptors (Lipinski definition) is 1. The Hall–Kier alpha value is -0.980. The van der Waals surface area contributed by atoms with Crippen molar-refractivity contribution in [3.05, 3.63) is 28.8 Å². The van der Waals surface area contributed by atoms with E-state index in [2.05, 4.69) is 19.1 Å². The lowest BCUT2D eigenvalue weighted by molar-refractivity contribution is 0.279. The smallest absolute Gasteiger partial charge is 0.122 e. The number of fused-ring (bicyclic) bond motifs is 3. The second-order valence-electron chi connectivity index (χ2n) is 4.62. The van der Waals surface area contributed by atoms with Gasteiger partial charge in [-0.25, -0.2) is 0 Å². The Balaban J connectivity index is 0.000000457. The molecule has 2 aliphatic carbocycles. The van der Waals surface area contributed by atoms with Crippen LogP contribution in [0.2, 0.25) is 0 Å². The van der Waals surface area contributed by atoms with Crippen LogP contribution in [0.25, 0.3) is 0 Å². The maximum absolute atomic E-state index is 5.44. The van der Waals surface area contributed by atoms with E-state index in [0.29, 0.717) is 0 Å². The van der Waals surface area contributed by atoms with Crippen LogP contribution in [0.3, 0.4) is 0 Å². The molecule has 2 aliphatic rings. The summed E-state index contributed by atoms with van der Waals surface area (Å²) < 4.78 is 5.44. The topological polar surface area (TPSA) is 9.23 Å². The lowest BCUT2D eigenvalue weighted by Gasteiger charge is -2.31. The molecule has 1 aromatic carbocycles. The molecule has 1 heteroatoms. The van der Waals surface area contributed by atoms with Gasteiger partial charge < -0.3 is 4.74 Å². The molecule has 0 spiro atoms. The maximum atomic E-state index is 5.44. The highest BCUT2D eigenvalue weighted by Crippen LogP contribution is 2.54. The van der Waals surface area contributed by atoms with Crippen molar-refractivity contribution in [1.82, 2.24) is 0 Å². The first-order valence-corrected chi connectivity index (χ1v) is 6.47. The third kappa shape index (κ3) is 1.53. The van der Waals surface area contributed by atoms with Crippen molar-refractivity contribution in [3.8, 4) is 5.75 Å². The van der Waals surface area contributed by atoms with Crippen LogP contribution >= 0.6 is 0 Å². The molecule has 88 valence electrons. The molecule has 0 amide bonds. The van der Waals surface area contributed by atoms with Gasteiger partial charge in [0.2, 0.25) is 0 Å². The third-order valence-electron chi connectivity index (χ3n) is 4.01. The van der Waals surface area contributed by atoms with Gasteiger partial charge in [0.15, 0.2) is 0 Å². The highest BCUT2D eigenvalue weighted by molar-refractivity contribution is 5.51. The first-order chi connectivity index (χ1) is 7.81. The van der Waals surface area contributed by atoms with Crippen LogP contribution < -0.4 is 4.74 Å². The standard InChI is InChI=1S/C13H16O.C2H6/c1-8-3-6-12(14-2)11-7-9-4-5-10(9)13(8)11;1-2/h3,6,9-10H,4-5,7H2,1-2H3;1-2H3. The van der Waals surface area contributed by atoms with E-state index in [-0.39, 0.29) is 0 Å². The minimum atomic E-state index is 0.861. The molecular formula is C15H22O. The molecule has 2 unspecified atom stereocenters. The number of aryl methyl sites for hydroxylation is 1. The summed E-state index contributed by atoms with van der Waals surface area (Å²) in [6.07, 6.45) is 4.07. The lowest BCUT2D eigenvalue weighted by atomic mass is 9.73. The van der Waals surface area contributed by atoms with Crippen molar-refractivity contribution in [2.24, 2.45) is 5.92 Å². The number of methoxy groups -OCH3 is 1. The summed E-state index contributed by atoms with van der Waals surface area (Å²) in [6, 6.07) is 4.33. The predicted octanol–water partition coefficient (Wildman–Crippen LogP) is 4.08. The average Bonchev–Trinajstić information content (AvgIpc) is 2.56. The van der Waals surface area contributed by atoms with Crippen LogP contribution in [0.5, 0.6) is 5.75 Å². The zero-order valence-corrected chi connectivity index (χ0v) is 10.8. The molecule has 0 radical (unpaired) electrons. The van der Waals surface area contributed by atoms with E-state index in [0.717, 1.165) is 17.6 Å². The molecule has 0 saturated heterocycles. The van der Waals surface area contributed by atoms with Gasteiger partial charge >= 0.3 is 0 Å². The predicted molar refractivity (Wildman–Crippen MR) is 68.2 cm³/mol. The van der Waals surface area contributed by atoms with E-state index in [4.69, 9.17) is 4.74 Å². The largest absolute Gasteiger partial charge is 0.496 e. The van der Waals surface area contributed by atoms with Crippen molar-refractivity contribution >= 4 is 0 Å². The van der Waals surface area contributed by atoms with E-state index in [1.807, 2.05) is 13.8 Å². The van der Waals surface area contributed by atoms with Gasteiger partial charge in [0, 0.05) is 0 Å². The Bertz CT molecular complexity index is 381. The van der Waals surface area contributed by atoms with E-state index >= 15 is 0 Å². The molecule has 0 heterocycles. The summed E-state index contributed by atoms with van der Waals surface area (Å²) in [5, 5.41) is 0. The van der Waals surface area contributed by atoms with Gasteiger partial charge in [0.1, 0.15) is 5.75 Å². The Kier molecular flexibility index (Phi) is 3.22. The third-order valence-corrected chi connectivity index (χ3v) is 4.01. The fourth-order valence-electron chi connectivity index (χ4n) is 3.14. The maximum Gasteiger partial charge on any atom is 0.122 e. The van der Waals surface area contributed by atoms with Crippen LogP contribution in [0, 0.1) is 12.8 Å². The monoisotopic (exact) mass is 218 g/mol. The van der Waals surface area contributed by atoms with Crippen LogP contribution in [-0.2, 0) is 6.42 Å². The van der Waals surface area contributed by atoms with Crippen molar-refractivity contribution in [3.63, 3.8) is 0 Å². The fourth-order valence-corrected chi connectivity index (χ4v) is 3.14. The molecule has 0 bridgehead atoms. The van der Waals surface area contributed by atoms with Gasteiger partial charge in [-0.05, 0) is 60.8 Å². The highest BCUT2D eigenvalue weighted by Gasteiger charge is 2.41. The number of rotatable bonds is 1. The molecule has 3 rings (SSSR count). The summed E-state index contributed by atoms with van der Waals surface area (Å²) in [4.78, 5) is 0. The van der Waals surface area contributed by atoms with Crippen molar-refractivity contribution < 1.29 is 4.74 Å². The molecule has 1 aromatic rings. The second-order valence-corrected chi connectivity index (χ2v) is 4.62. The van der Waals surface area contributed by atoms with Gasteiger partial charge in [-0.3, -0.25) is 0 Å². The molecule has 0 aromatic heterocycles. The van der Waals surface area contributed by atoms with Crippen molar-refractivity contribution in [2.45, 2.75) is 46.0 Å². The van der Waals surface area contributed by atoms with Crippen molar-refractivity contribution in [1.29, 1.82) is 0 Å². The zero-order valence-electron chi connectivity index (χ0n) is 10.8. The summed E-state index contributed by atoms with van der Waals surface area (Å²) in [6.45, 7) is 6.24. The minimum Gasteiger partial charge on any atom is -0.496 e. The molecular weight excluding hydrogens is 196 g/mol. The summed E-state index contributed by atoms with van der Waals surface area (Å²) in [5.74, 6) is 2.90.